The predicted molar refractivity (Wildman–Crippen MR) is 66.5 cm³/mol. The Morgan fingerprint density at radius 3 is 2.50 bits per heavy atom. The molecule has 1 fully saturated rings. The van der Waals surface area contributed by atoms with Gasteiger partial charge in [-0.2, -0.15) is 0 Å². The van der Waals surface area contributed by atoms with Crippen LogP contribution in [0.2, 0.25) is 5.31 Å². The van der Waals surface area contributed by atoms with Crippen LogP contribution in [0.1, 0.15) is 34.6 Å². The van der Waals surface area contributed by atoms with Crippen molar-refractivity contribution in [2.45, 2.75) is 45.5 Å². The van der Waals surface area contributed by atoms with Crippen molar-refractivity contribution < 1.29 is 14.2 Å². The molecule has 0 N–H and O–H groups in total. The quantitative estimate of drug-likeness (QED) is 0.414. The minimum Gasteiger partial charge on any atom is -0.463 e. The molecule has 0 spiro atoms. The van der Waals surface area contributed by atoms with Gasteiger partial charge in [0.1, 0.15) is 7.17 Å². The highest BCUT2D eigenvalue weighted by molar-refractivity contribution is 7.14. The minimum absolute atomic E-state index is 0.00331. The standard InChI is InChI=1S/C11H19B2O3/c1-6-15-9(14)7-8-13-12-10(2,3)11(4,5)16-13/h7-8H,6H2,1-5H3/b8-7+. The molecule has 0 aromatic rings. The third-order valence-electron chi connectivity index (χ3n) is 3.27. The van der Waals surface area contributed by atoms with Crippen molar-refractivity contribution in [2.75, 3.05) is 6.61 Å². The summed E-state index contributed by atoms with van der Waals surface area (Å²) in [6.45, 7) is 10.4. The van der Waals surface area contributed by atoms with Crippen LogP contribution in [0.3, 0.4) is 0 Å². The Balaban J connectivity index is 2.57. The van der Waals surface area contributed by atoms with E-state index in [4.69, 9.17) is 9.39 Å². The lowest BCUT2D eigenvalue weighted by molar-refractivity contribution is -0.137. The first kappa shape index (κ1) is 13.4. The van der Waals surface area contributed by atoms with Gasteiger partial charge < -0.3 is 9.39 Å². The van der Waals surface area contributed by atoms with Crippen LogP contribution in [0.25, 0.3) is 0 Å². The van der Waals surface area contributed by atoms with Crippen LogP contribution in [0.4, 0.5) is 0 Å². The molecule has 5 heteroatoms. The Kier molecular flexibility index (Phi) is 3.89. The van der Waals surface area contributed by atoms with Gasteiger partial charge in [0.05, 0.1) is 6.61 Å². The van der Waals surface area contributed by atoms with Crippen LogP contribution in [0.5, 0.6) is 0 Å². The Hall–Kier alpha value is -0.700. The third-order valence-corrected chi connectivity index (χ3v) is 3.27. The summed E-state index contributed by atoms with van der Waals surface area (Å²) in [5, 5.41) is -0.00331. The van der Waals surface area contributed by atoms with Gasteiger partial charge in [0.25, 0.3) is 6.81 Å². The summed E-state index contributed by atoms with van der Waals surface area (Å²) >= 11 is 0. The zero-order valence-corrected chi connectivity index (χ0v) is 10.7. The van der Waals surface area contributed by atoms with Crippen molar-refractivity contribution in [3.8, 4) is 0 Å². The molecule has 1 rings (SSSR count). The predicted octanol–water partition coefficient (Wildman–Crippen LogP) is 1.84. The summed E-state index contributed by atoms with van der Waals surface area (Å²) in [5.74, 6) is 1.43. The molecular formula is C11H19B2O3. The van der Waals surface area contributed by atoms with Gasteiger partial charge in [-0.25, -0.2) is 4.79 Å². The maximum atomic E-state index is 11.1. The van der Waals surface area contributed by atoms with Crippen molar-refractivity contribution in [1.82, 2.24) is 0 Å². The Morgan fingerprint density at radius 2 is 2.06 bits per heavy atom. The molecule has 0 amide bonds. The molecule has 1 heterocycles. The first-order valence-corrected chi connectivity index (χ1v) is 5.67. The van der Waals surface area contributed by atoms with Gasteiger partial charge in [0.15, 0.2) is 0 Å². The molecule has 1 aliphatic rings. The van der Waals surface area contributed by atoms with E-state index in [1.165, 1.54) is 6.08 Å². The normalized spacial score (nSPS) is 22.2. The average Bonchev–Trinajstić information content (AvgIpc) is 2.33. The lowest BCUT2D eigenvalue weighted by Gasteiger charge is -2.34. The molecule has 0 aromatic heterocycles. The molecular weight excluding hydrogens is 202 g/mol. The lowest BCUT2D eigenvalue weighted by atomic mass is 9.25. The fourth-order valence-corrected chi connectivity index (χ4v) is 1.60. The van der Waals surface area contributed by atoms with E-state index in [-0.39, 0.29) is 23.7 Å². The minimum atomic E-state index is -0.318. The highest BCUT2D eigenvalue weighted by Crippen LogP contribution is 2.45. The van der Waals surface area contributed by atoms with E-state index in [1.54, 1.807) is 12.9 Å². The van der Waals surface area contributed by atoms with Gasteiger partial charge in [-0.15, -0.1) is 0 Å². The van der Waals surface area contributed by atoms with E-state index < -0.39 is 0 Å². The SMILES string of the molecule is CCOC(=O)/C=C/B1[B]C(C)(C)C(C)(C)O1. The molecule has 0 aromatic carbocycles. The Labute approximate surface area is 98.9 Å². The zero-order chi connectivity index (χ0) is 12.4. The number of carbonyl (C=O) groups is 1. The van der Waals surface area contributed by atoms with Crippen LogP contribution < -0.4 is 0 Å². The summed E-state index contributed by atoms with van der Waals surface area (Å²) in [7, 11) is 2.11. The number of esters is 1. The number of ether oxygens (including phenoxy) is 1. The molecule has 1 radical (unpaired) electrons. The largest absolute Gasteiger partial charge is 0.463 e. The highest BCUT2D eigenvalue weighted by Gasteiger charge is 2.48. The molecule has 0 saturated carbocycles. The molecule has 3 nitrogen and oxygen atoms in total. The van der Waals surface area contributed by atoms with Gasteiger partial charge >= 0.3 is 5.97 Å². The zero-order valence-electron chi connectivity index (χ0n) is 10.7. The van der Waals surface area contributed by atoms with E-state index in [0.29, 0.717) is 6.61 Å². The van der Waals surface area contributed by atoms with Crippen LogP contribution in [-0.2, 0) is 14.2 Å². The number of hydrogen-bond donors (Lipinski definition) is 0. The second kappa shape index (κ2) is 4.66. The first-order valence-electron chi connectivity index (χ1n) is 5.67. The van der Waals surface area contributed by atoms with Crippen LogP contribution >= 0.6 is 0 Å². The molecule has 0 atom stereocenters. The lowest BCUT2D eigenvalue weighted by Crippen LogP contribution is -2.31. The molecule has 0 aliphatic carbocycles. The van der Waals surface area contributed by atoms with Crippen molar-refractivity contribution in [2.24, 2.45) is 0 Å². The topological polar surface area (TPSA) is 35.5 Å². The second-order valence-corrected chi connectivity index (χ2v) is 5.09. The van der Waals surface area contributed by atoms with E-state index in [2.05, 4.69) is 34.9 Å². The average molecular weight is 221 g/mol. The second-order valence-electron chi connectivity index (χ2n) is 5.09. The fourth-order valence-electron chi connectivity index (χ4n) is 1.60. The van der Waals surface area contributed by atoms with Crippen molar-refractivity contribution >= 4 is 19.9 Å². The molecule has 87 valence electrons. The van der Waals surface area contributed by atoms with Gasteiger partial charge in [0, 0.05) is 11.7 Å². The van der Waals surface area contributed by atoms with E-state index in [9.17, 15) is 4.79 Å². The van der Waals surface area contributed by atoms with E-state index in [1.807, 2.05) is 0 Å². The molecule has 1 aliphatic heterocycles. The number of rotatable bonds is 3. The Bertz CT molecular complexity index is 282. The summed E-state index contributed by atoms with van der Waals surface area (Å²) in [4.78, 5) is 11.1. The van der Waals surface area contributed by atoms with Crippen LogP contribution in [0, 0.1) is 0 Å². The third kappa shape index (κ3) is 2.91. The molecule has 1 saturated heterocycles. The summed E-state index contributed by atoms with van der Waals surface area (Å²) in [6, 6.07) is 0. The van der Waals surface area contributed by atoms with Gasteiger partial charge in [-0.3, -0.25) is 0 Å². The number of hydrogen-bond acceptors (Lipinski definition) is 3. The van der Waals surface area contributed by atoms with E-state index in [0.717, 1.165) is 0 Å². The smallest absolute Gasteiger partial charge is 0.329 e. The summed E-state index contributed by atoms with van der Waals surface area (Å²) in [5.41, 5.74) is -0.212. The molecule has 0 bridgehead atoms. The number of carbonyl (C=O) groups excluding carboxylic acids is 1. The van der Waals surface area contributed by atoms with Gasteiger partial charge in [0.2, 0.25) is 0 Å². The summed E-state index contributed by atoms with van der Waals surface area (Å²) < 4.78 is 10.7. The molecule has 16 heavy (non-hydrogen) atoms. The van der Waals surface area contributed by atoms with Gasteiger partial charge in [-0.05, 0) is 26.1 Å². The van der Waals surface area contributed by atoms with Crippen molar-refractivity contribution in [3.63, 3.8) is 0 Å². The van der Waals surface area contributed by atoms with Gasteiger partial charge in [-0.1, -0.05) is 19.8 Å². The highest BCUT2D eigenvalue weighted by atomic mass is 16.5. The van der Waals surface area contributed by atoms with Crippen molar-refractivity contribution in [1.29, 1.82) is 0 Å². The Morgan fingerprint density at radius 1 is 1.44 bits per heavy atom. The van der Waals surface area contributed by atoms with Crippen LogP contribution in [0.15, 0.2) is 12.1 Å². The van der Waals surface area contributed by atoms with Crippen LogP contribution in [-0.4, -0.2) is 32.2 Å². The fraction of sp³-hybridized carbons (Fsp3) is 0.727. The first-order chi connectivity index (χ1) is 7.28. The maximum absolute atomic E-state index is 11.1. The maximum Gasteiger partial charge on any atom is 0.329 e. The van der Waals surface area contributed by atoms with Crippen molar-refractivity contribution in [3.05, 3.63) is 12.1 Å². The monoisotopic (exact) mass is 221 g/mol. The summed E-state index contributed by atoms with van der Waals surface area (Å²) in [6.07, 6.45) is 1.43. The van der Waals surface area contributed by atoms with E-state index >= 15 is 0 Å². The molecule has 0 unspecified atom stereocenters.